The molecule has 2 aromatic rings. The van der Waals surface area contributed by atoms with Gasteiger partial charge in [-0.25, -0.2) is 0 Å². The molecule has 0 radical (unpaired) electrons. The van der Waals surface area contributed by atoms with Crippen LogP contribution in [0.3, 0.4) is 0 Å². The van der Waals surface area contributed by atoms with Crippen molar-refractivity contribution in [1.82, 2.24) is 0 Å². The summed E-state index contributed by atoms with van der Waals surface area (Å²) in [7, 11) is 0. The molecule has 23 heavy (non-hydrogen) atoms. The zero-order chi connectivity index (χ0) is 15.5. The molecule has 0 spiro atoms. The second-order valence-corrected chi connectivity index (χ2v) is 6.53. The van der Waals surface area contributed by atoms with Crippen molar-refractivity contribution < 1.29 is 5.11 Å². The van der Waals surface area contributed by atoms with Gasteiger partial charge in [0.2, 0.25) is 0 Å². The lowest BCUT2D eigenvalue weighted by molar-refractivity contribution is 0.188. The average molecular weight is 332 g/mol. The van der Waals surface area contributed by atoms with Gasteiger partial charge in [0.15, 0.2) is 0 Å². The second-order valence-electron chi connectivity index (χ2n) is 6.53. The maximum absolute atomic E-state index is 9.57. The summed E-state index contributed by atoms with van der Waals surface area (Å²) in [5.74, 6) is 0.410. The number of aryl methyl sites for hydroxylation is 2. The van der Waals surface area contributed by atoms with E-state index >= 15 is 0 Å². The van der Waals surface area contributed by atoms with Crippen LogP contribution in [0.15, 0.2) is 48.5 Å². The van der Waals surface area contributed by atoms with Gasteiger partial charge in [-0.1, -0.05) is 47.5 Å². The number of hydrogen-bond acceptors (Lipinski definition) is 2. The number of nitrogens with zero attached hydrogens (tertiary/aromatic N) is 1. The molecule has 0 aliphatic carbocycles. The molecular weight excluding hydrogens is 306 g/mol. The molecular formula is C20H26ClNO. The van der Waals surface area contributed by atoms with E-state index in [-0.39, 0.29) is 12.4 Å². The van der Waals surface area contributed by atoms with Gasteiger partial charge in [-0.2, -0.15) is 0 Å². The van der Waals surface area contributed by atoms with E-state index in [2.05, 4.69) is 67.3 Å². The smallest absolute Gasteiger partial charge is 0.0545 e. The molecule has 3 rings (SSSR count). The molecule has 2 atom stereocenters. The molecule has 2 unspecified atom stereocenters. The lowest BCUT2D eigenvalue weighted by atomic mass is 9.87. The van der Waals surface area contributed by atoms with Crippen molar-refractivity contribution in [1.29, 1.82) is 0 Å². The number of rotatable bonds is 3. The molecule has 124 valence electrons. The predicted octanol–water partition coefficient (Wildman–Crippen LogP) is 4.68. The van der Waals surface area contributed by atoms with E-state index in [4.69, 9.17) is 0 Å². The maximum atomic E-state index is 9.57. The van der Waals surface area contributed by atoms with Crippen molar-refractivity contribution in [3.8, 4) is 0 Å². The Kier molecular flexibility index (Phi) is 6.09. The summed E-state index contributed by atoms with van der Waals surface area (Å²) in [6.45, 7) is 5.55. The zero-order valence-corrected chi connectivity index (χ0v) is 14.7. The van der Waals surface area contributed by atoms with E-state index in [1.807, 2.05) is 0 Å². The minimum Gasteiger partial charge on any atom is -0.396 e. The topological polar surface area (TPSA) is 23.5 Å². The largest absolute Gasteiger partial charge is 0.396 e. The summed E-state index contributed by atoms with van der Waals surface area (Å²) in [5.41, 5.74) is 5.22. The Morgan fingerprint density at radius 1 is 0.957 bits per heavy atom. The molecule has 0 amide bonds. The number of halogens is 1. The molecule has 1 aliphatic rings. The van der Waals surface area contributed by atoms with Gasteiger partial charge >= 0.3 is 0 Å². The van der Waals surface area contributed by atoms with Gasteiger partial charge in [0.05, 0.1) is 6.04 Å². The highest BCUT2D eigenvalue weighted by Gasteiger charge is 2.29. The normalized spacial score (nSPS) is 20.9. The fraction of sp³-hybridized carbons (Fsp3) is 0.400. The molecule has 2 aromatic carbocycles. The Bertz CT molecular complexity index is 609. The van der Waals surface area contributed by atoms with Gasteiger partial charge in [-0.05, 0) is 50.3 Å². The number of aliphatic hydroxyl groups is 1. The van der Waals surface area contributed by atoms with E-state index < -0.39 is 0 Å². The quantitative estimate of drug-likeness (QED) is 0.883. The highest BCUT2D eigenvalue weighted by atomic mass is 35.5. The first-order chi connectivity index (χ1) is 10.7. The van der Waals surface area contributed by atoms with Crippen molar-refractivity contribution in [3.63, 3.8) is 0 Å². The van der Waals surface area contributed by atoms with Crippen LogP contribution in [-0.2, 0) is 0 Å². The predicted molar refractivity (Wildman–Crippen MR) is 99.5 cm³/mol. The summed E-state index contributed by atoms with van der Waals surface area (Å²) >= 11 is 0. The first-order valence-corrected chi connectivity index (χ1v) is 8.18. The second kappa shape index (κ2) is 7.85. The van der Waals surface area contributed by atoms with Gasteiger partial charge in [0, 0.05) is 18.8 Å². The first-order valence-electron chi connectivity index (χ1n) is 8.18. The first kappa shape index (κ1) is 17.8. The Labute approximate surface area is 145 Å². The third-order valence-electron chi connectivity index (χ3n) is 4.80. The van der Waals surface area contributed by atoms with Crippen LogP contribution >= 0.6 is 12.4 Å². The van der Waals surface area contributed by atoms with Crippen LogP contribution in [0, 0.1) is 19.8 Å². The Morgan fingerprint density at radius 2 is 1.52 bits per heavy atom. The molecule has 3 heteroatoms. The van der Waals surface area contributed by atoms with Gasteiger partial charge in [-0.3, -0.25) is 0 Å². The van der Waals surface area contributed by atoms with Crippen LogP contribution in [0.2, 0.25) is 0 Å². The minimum atomic E-state index is 0. The van der Waals surface area contributed by atoms with E-state index in [1.165, 1.54) is 22.4 Å². The molecule has 2 nitrogen and oxygen atoms in total. The van der Waals surface area contributed by atoms with Gasteiger partial charge in [0.25, 0.3) is 0 Å². The molecule has 0 bridgehead atoms. The maximum Gasteiger partial charge on any atom is 0.0545 e. The van der Waals surface area contributed by atoms with E-state index in [1.54, 1.807) is 0 Å². The molecule has 1 fully saturated rings. The Hall–Kier alpha value is -1.51. The minimum absolute atomic E-state index is 0. The van der Waals surface area contributed by atoms with Crippen molar-refractivity contribution in [3.05, 3.63) is 65.2 Å². The van der Waals surface area contributed by atoms with Crippen molar-refractivity contribution in [2.45, 2.75) is 32.7 Å². The summed E-state index contributed by atoms with van der Waals surface area (Å²) in [4.78, 5) is 2.50. The van der Waals surface area contributed by atoms with Crippen LogP contribution in [0.1, 0.15) is 35.6 Å². The summed E-state index contributed by atoms with van der Waals surface area (Å²) in [5, 5.41) is 9.57. The van der Waals surface area contributed by atoms with Crippen LogP contribution < -0.4 is 4.90 Å². The lowest BCUT2D eigenvalue weighted by Gasteiger charge is -2.41. The number of anilines is 1. The van der Waals surface area contributed by atoms with Gasteiger partial charge in [-0.15, -0.1) is 12.4 Å². The molecule has 1 N–H and O–H groups in total. The number of aliphatic hydroxyl groups excluding tert-OH is 1. The fourth-order valence-corrected chi connectivity index (χ4v) is 3.35. The number of benzene rings is 2. The Balaban J connectivity index is 0.00000192. The summed E-state index contributed by atoms with van der Waals surface area (Å²) in [6.07, 6.45) is 2.08. The molecule has 0 saturated carbocycles. The van der Waals surface area contributed by atoms with Crippen LogP contribution in [-0.4, -0.2) is 18.3 Å². The van der Waals surface area contributed by atoms with E-state index in [9.17, 15) is 5.11 Å². The highest BCUT2D eigenvalue weighted by molar-refractivity contribution is 5.85. The van der Waals surface area contributed by atoms with Crippen molar-refractivity contribution in [2.75, 3.05) is 18.1 Å². The molecule has 0 aromatic heterocycles. The van der Waals surface area contributed by atoms with Crippen LogP contribution in [0.5, 0.6) is 0 Å². The molecule has 1 aliphatic heterocycles. The highest BCUT2D eigenvalue weighted by Crippen LogP contribution is 2.37. The zero-order valence-electron chi connectivity index (χ0n) is 13.9. The molecule has 1 heterocycles. The molecule has 1 saturated heterocycles. The summed E-state index contributed by atoms with van der Waals surface area (Å²) in [6, 6.07) is 18.0. The van der Waals surface area contributed by atoms with Crippen molar-refractivity contribution in [2.24, 2.45) is 5.92 Å². The van der Waals surface area contributed by atoms with Crippen molar-refractivity contribution >= 4 is 18.1 Å². The summed E-state index contributed by atoms with van der Waals surface area (Å²) < 4.78 is 0. The van der Waals surface area contributed by atoms with Crippen LogP contribution in [0.4, 0.5) is 5.69 Å². The Morgan fingerprint density at radius 3 is 2.09 bits per heavy atom. The van der Waals surface area contributed by atoms with Gasteiger partial charge in [0.1, 0.15) is 0 Å². The van der Waals surface area contributed by atoms with Gasteiger partial charge < -0.3 is 10.0 Å². The van der Waals surface area contributed by atoms with E-state index in [0.29, 0.717) is 18.6 Å². The SMILES string of the molecule is Cc1ccc(C2CC(CO)CCN2c2ccc(C)cc2)cc1.Cl. The van der Waals surface area contributed by atoms with E-state index in [0.717, 1.165) is 19.4 Å². The third kappa shape index (κ3) is 4.07. The lowest BCUT2D eigenvalue weighted by Crippen LogP contribution is -2.37. The fourth-order valence-electron chi connectivity index (χ4n) is 3.35. The monoisotopic (exact) mass is 331 g/mol. The number of piperidine rings is 1. The third-order valence-corrected chi connectivity index (χ3v) is 4.80. The standard InChI is InChI=1S/C20H25NO.ClH/c1-15-3-7-18(8-4-15)20-13-17(14-22)11-12-21(20)19-9-5-16(2)6-10-19;/h3-10,17,20,22H,11-14H2,1-2H3;1H. The average Bonchev–Trinajstić information content (AvgIpc) is 2.56. The number of hydrogen-bond donors (Lipinski definition) is 1. The van der Waals surface area contributed by atoms with Crippen LogP contribution in [0.25, 0.3) is 0 Å².